The van der Waals surface area contributed by atoms with Gasteiger partial charge in [-0.3, -0.25) is 4.99 Å². The molecule has 2 fully saturated rings. The smallest absolute Gasteiger partial charge is 0.194 e. The molecule has 172 valence electrons. The van der Waals surface area contributed by atoms with Crippen LogP contribution in [0.15, 0.2) is 41.5 Å². The van der Waals surface area contributed by atoms with Crippen LogP contribution in [0.3, 0.4) is 0 Å². The van der Waals surface area contributed by atoms with E-state index in [1.165, 1.54) is 12.1 Å². The largest absolute Gasteiger partial charge is 0.375 e. The number of hydrogen-bond acceptors (Lipinski definition) is 5. The number of aliphatic imine (C=N–C) groups is 1. The molecule has 0 aliphatic carbocycles. The Morgan fingerprint density at radius 3 is 2.69 bits per heavy atom. The van der Waals surface area contributed by atoms with Crippen LogP contribution in [0, 0.1) is 11.6 Å². The second-order valence-corrected chi connectivity index (χ2v) is 8.12. The van der Waals surface area contributed by atoms with Gasteiger partial charge in [0.1, 0.15) is 17.5 Å². The number of ether oxygens (including phenoxy) is 1. The van der Waals surface area contributed by atoms with Crippen molar-refractivity contribution in [1.82, 2.24) is 15.2 Å². The first-order chi connectivity index (χ1) is 15.5. The van der Waals surface area contributed by atoms with Gasteiger partial charge < -0.3 is 24.8 Å². The van der Waals surface area contributed by atoms with Gasteiger partial charge in [-0.05, 0) is 36.8 Å². The maximum absolute atomic E-state index is 14.1. The molecule has 2 aliphatic heterocycles. The summed E-state index contributed by atoms with van der Waals surface area (Å²) in [6.07, 6.45) is 2.03. The molecule has 2 aromatic rings. The first-order valence-electron chi connectivity index (χ1n) is 11.0. The summed E-state index contributed by atoms with van der Waals surface area (Å²) in [5.74, 6) is 0.929. The predicted molar refractivity (Wildman–Crippen MR) is 122 cm³/mol. The zero-order valence-corrected chi connectivity index (χ0v) is 18.6. The molecule has 0 spiro atoms. The van der Waals surface area contributed by atoms with Crippen molar-refractivity contribution in [1.29, 1.82) is 0 Å². The number of morpholine rings is 1. The number of benzene rings is 1. The summed E-state index contributed by atoms with van der Waals surface area (Å²) >= 11 is 0. The minimum absolute atomic E-state index is 0.200. The van der Waals surface area contributed by atoms with Crippen LogP contribution in [0.4, 0.5) is 20.3 Å². The third kappa shape index (κ3) is 5.27. The molecule has 3 heterocycles. The van der Waals surface area contributed by atoms with Gasteiger partial charge in [-0.25, -0.2) is 13.8 Å². The molecular weight excluding hydrogens is 414 g/mol. The molecule has 32 heavy (non-hydrogen) atoms. The highest BCUT2D eigenvalue weighted by Gasteiger charge is 2.22. The van der Waals surface area contributed by atoms with E-state index in [1.54, 1.807) is 7.05 Å². The average molecular weight is 445 g/mol. The van der Waals surface area contributed by atoms with Gasteiger partial charge >= 0.3 is 0 Å². The highest BCUT2D eigenvalue weighted by molar-refractivity contribution is 5.80. The average Bonchev–Trinajstić information content (AvgIpc) is 2.82. The van der Waals surface area contributed by atoms with Crippen molar-refractivity contribution in [3.05, 3.63) is 53.7 Å². The van der Waals surface area contributed by atoms with E-state index < -0.39 is 11.6 Å². The van der Waals surface area contributed by atoms with Crippen LogP contribution in [0.25, 0.3) is 0 Å². The first-order valence-corrected chi connectivity index (χ1v) is 11.0. The number of hydrogen-bond donors (Lipinski definition) is 1. The standard InChI is InChI=1S/C23H30F2N6O/c1-17-16-31(11-12-32-17)22-13-18(5-6-27-22)15-28-23(26-2)30-9-7-29(8-10-30)21-14-19(24)3-4-20(21)25/h3-6,13-14,17H,7-12,15-16H2,1-2H3,(H,26,28). The number of anilines is 2. The van der Waals surface area contributed by atoms with Crippen molar-refractivity contribution in [3.63, 3.8) is 0 Å². The molecule has 1 unspecified atom stereocenters. The fourth-order valence-electron chi connectivity index (χ4n) is 4.17. The maximum Gasteiger partial charge on any atom is 0.194 e. The fourth-order valence-corrected chi connectivity index (χ4v) is 4.17. The lowest BCUT2D eigenvalue weighted by molar-refractivity contribution is 0.0529. The molecule has 2 saturated heterocycles. The Bertz CT molecular complexity index is 948. The lowest BCUT2D eigenvalue weighted by atomic mass is 10.2. The first kappa shape index (κ1) is 22.3. The molecule has 0 amide bonds. The van der Waals surface area contributed by atoms with Crippen molar-refractivity contribution in [3.8, 4) is 0 Å². The Hall–Kier alpha value is -2.94. The monoisotopic (exact) mass is 444 g/mol. The number of halogens is 2. The number of pyridine rings is 1. The van der Waals surface area contributed by atoms with Gasteiger partial charge in [-0.15, -0.1) is 0 Å². The van der Waals surface area contributed by atoms with E-state index in [4.69, 9.17) is 4.74 Å². The van der Waals surface area contributed by atoms with E-state index in [0.29, 0.717) is 45.0 Å². The van der Waals surface area contributed by atoms with E-state index in [1.807, 2.05) is 17.2 Å². The molecule has 2 aliphatic rings. The third-order valence-electron chi connectivity index (χ3n) is 5.87. The highest BCUT2D eigenvalue weighted by atomic mass is 19.1. The lowest BCUT2D eigenvalue weighted by Crippen LogP contribution is -2.52. The van der Waals surface area contributed by atoms with Gasteiger partial charge in [0, 0.05) is 65.1 Å². The Morgan fingerprint density at radius 1 is 1.12 bits per heavy atom. The minimum atomic E-state index is -0.426. The van der Waals surface area contributed by atoms with Crippen molar-refractivity contribution in [2.45, 2.75) is 19.6 Å². The van der Waals surface area contributed by atoms with E-state index >= 15 is 0 Å². The normalized spacial score (nSPS) is 19.9. The number of nitrogens with zero attached hydrogens (tertiary/aromatic N) is 5. The topological polar surface area (TPSA) is 56.2 Å². The van der Waals surface area contributed by atoms with Crippen LogP contribution in [0.5, 0.6) is 0 Å². The molecule has 7 nitrogen and oxygen atoms in total. The van der Waals surface area contributed by atoms with E-state index in [9.17, 15) is 8.78 Å². The predicted octanol–water partition coefficient (Wildman–Crippen LogP) is 2.48. The van der Waals surface area contributed by atoms with E-state index in [2.05, 4.69) is 38.1 Å². The molecule has 0 bridgehead atoms. The second kappa shape index (κ2) is 10.1. The molecule has 0 saturated carbocycles. The van der Waals surface area contributed by atoms with Crippen LogP contribution in [-0.4, -0.2) is 74.9 Å². The van der Waals surface area contributed by atoms with Crippen molar-refractivity contribution in [2.24, 2.45) is 4.99 Å². The van der Waals surface area contributed by atoms with E-state index in [-0.39, 0.29) is 6.10 Å². The molecule has 1 aromatic heterocycles. The second-order valence-electron chi connectivity index (χ2n) is 8.12. The van der Waals surface area contributed by atoms with Gasteiger partial charge in [0.25, 0.3) is 0 Å². The van der Waals surface area contributed by atoms with E-state index in [0.717, 1.165) is 36.5 Å². The van der Waals surface area contributed by atoms with Crippen molar-refractivity contribution < 1.29 is 13.5 Å². The third-order valence-corrected chi connectivity index (χ3v) is 5.87. The maximum atomic E-state index is 14.1. The highest BCUT2D eigenvalue weighted by Crippen LogP contribution is 2.22. The molecule has 9 heteroatoms. The minimum Gasteiger partial charge on any atom is -0.375 e. The molecule has 1 N–H and O–H groups in total. The van der Waals surface area contributed by atoms with Crippen LogP contribution in [0.2, 0.25) is 0 Å². The summed E-state index contributed by atoms with van der Waals surface area (Å²) in [5.41, 5.74) is 1.44. The number of guanidine groups is 1. The van der Waals surface area contributed by atoms with Gasteiger partial charge in [0.05, 0.1) is 18.4 Å². The molecule has 1 atom stereocenters. The summed E-state index contributed by atoms with van der Waals surface area (Å²) in [6, 6.07) is 7.68. The zero-order valence-electron chi connectivity index (χ0n) is 18.6. The van der Waals surface area contributed by atoms with Gasteiger partial charge in [0.2, 0.25) is 0 Å². The summed E-state index contributed by atoms with van der Waals surface area (Å²) in [4.78, 5) is 15.2. The number of rotatable bonds is 4. The molecule has 0 radical (unpaired) electrons. The summed E-state index contributed by atoms with van der Waals surface area (Å²) < 4.78 is 33.3. The zero-order chi connectivity index (χ0) is 22.5. The van der Waals surface area contributed by atoms with Gasteiger partial charge in [-0.1, -0.05) is 0 Å². The van der Waals surface area contributed by atoms with Crippen LogP contribution in [-0.2, 0) is 11.3 Å². The van der Waals surface area contributed by atoms with Crippen LogP contribution < -0.4 is 15.1 Å². The Labute approximate surface area is 187 Å². The Morgan fingerprint density at radius 2 is 1.94 bits per heavy atom. The fraction of sp³-hybridized carbons (Fsp3) is 0.478. The summed E-state index contributed by atoms with van der Waals surface area (Å²) in [6.45, 7) is 7.61. The number of aromatic nitrogens is 1. The van der Waals surface area contributed by atoms with Gasteiger partial charge in [0.15, 0.2) is 5.96 Å². The number of nitrogens with one attached hydrogen (secondary N) is 1. The molecular formula is C23H30F2N6O. The number of piperazine rings is 1. The lowest BCUT2D eigenvalue weighted by Gasteiger charge is -2.37. The Kier molecular flexibility index (Phi) is 7.04. The Balaban J connectivity index is 1.33. The summed E-state index contributed by atoms with van der Waals surface area (Å²) in [7, 11) is 1.76. The molecule has 4 rings (SSSR count). The van der Waals surface area contributed by atoms with Crippen LogP contribution >= 0.6 is 0 Å². The molecule has 1 aromatic carbocycles. The van der Waals surface area contributed by atoms with Crippen molar-refractivity contribution in [2.75, 3.05) is 62.7 Å². The summed E-state index contributed by atoms with van der Waals surface area (Å²) in [5, 5.41) is 3.42. The van der Waals surface area contributed by atoms with Gasteiger partial charge in [-0.2, -0.15) is 0 Å². The van der Waals surface area contributed by atoms with Crippen molar-refractivity contribution >= 4 is 17.5 Å². The quantitative estimate of drug-likeness (QED) is 0.578. The van der Waals surface area contributed by atoms with Crippen LogP contribution in [0.1, 0.15) is 12.5 Å². The SMILES string of the molecule is CN=C(NCc1ccnc(N2CCOC(C)C2)c1)N1CCN(c2cc(F)ccc2F)CC1.